The lowest BCUT2D eigenvalue weighted by molar-refractivity contribution is -0.242. The number of nitrogens with one attached hydrogen (secondary N) is 1. The minimum atomic E-state index is -4.40. The maximum Gasteiger partial charge on any atom is 0.416 e. The van der Waals surface area contributed by atoms with E-state index in [-0.39, 0.29) is 5.69 Å². The lowest BCUT2D eigenvalue weighted by Gasteiger charge is -2.13. The number of rotatable bonds is 2. The van der Waals surface area contributed by atoms with Gasteiger partial charge in [-0.3, -0.25) is 0 Å². The summed E-state index contributed by atoms with van der Waals surface area (Å²) in [6.07, 6.45) is -5.88. The van der Waals surface area contributed by atoms with E-state index < -0.39 is 17.8 Å². The maximum absolute atomic E-state index is 12.5. The quantitative estimate of drug-likeness (QED) is 0.918. The summed E-state index contributed by atoms with van der Waals surface area (Å²) >= 11 is 0. The third kappa shape index (κ3) is 3.09. The smallest absolute Gasteiger partial charge is 0.416 e. The number of carbonyl (C=O) groups is 1. The highest BCUT2D eigenvalue weighted by Crippen LogP contribution is 2.33. The number of hydrogen-bond donors (Lipinski definition) is 1. The van der Waals surface area contributed by atoms with Crippen LogP contribution < -0.4 is 10.4 Å². The van der Waals surface area contributed by atoms with Gasteiger partial charge < -0.3 is 15.2 Å². The van der Waals surface area contributed by atoms with E-state index >= 15 is 0 Å². The van der Waals surface area contributed by atoms with Crippen LogP contribution >= 0.6 is 0 Å². The fourth-order valence-corrected chi connectivity index (χ4v) is 1.79. The maximum atomic E-state index is 12.5. The van der Waals surface area contributed by atoms with Crippen LogP contribution in [-0.2, 0) is 6.18 Å². The van der Waals surface area contributed by atoms with Gasteiger partial charge in [0.15, 0.2) is 0 Å². The summed E-state index contributed by atoms with van der Waals surface area (Å²) in [6, 6.07) is 10.9. The Balaban J connectivity index is 2.39. The van der Waals surface area contributed by atoms with E-state index in [0.29, 0.717) is 11.1 Å². The highest BCUT2D eigenvalue weighted by Gasteiger charge is 2.30. The molecule has 6 heteroatoms. The van der Waals surface area contributed by atoms with Crippen LogP contribution in [0.15, 0.2) is 48.5 Å². The average Bonchev–Trinajstić information content (AvgIpc) is 2.38. The van der Waals surface area contributed by atoms with Crippen molar-refractivity contribution in [1.82, 2.24) is 0 Å². The van der Waals surface area contributed by atoms with Crippen molar-refractivity contribution in [3.05, 3.63) is 54.1 Å². The zero-order valence-corrected chi connectivity index (χ0v) is 10.1. The van der Waals surface area contributed by atoms with Gasteiger partial charge in [0.2, 0.25) is 0 Å². The van der Waals surface area contributed by atoms with Gasteiger partial charge in [0, 0.05) is 11.3 Å². The molecule has 2 rings (SSSR count). The molecular formula is C14H9F3NO2-. The Morgan fingerprint density at radius 1 is 1.00 bits per heavy atom. The van der Waals surface area contributed by atoms with Crippen molar-refractivity contribution in [2.45, 2.75) is 6.18 Å². The first kappa shape index (κ1) is 13.9. The number of halogens is 3. The third-order valence-corrected chi connectivity index (χ3v) is 2.69. The molecule has 0 bridgehead atoms. The van der Waals surface area contributed by atoms with Crippen molar-refractivity contribution in [2.24, 2.45) is 0 Å². The summed E-state index contributed by atoms with van der Waals surface area (Å²) in [6.45, 7) is 0. The van der Waals surface area contributed by atoms with Crippen LogP contribution in [0.2, 0.25) is 0 Å². The summed E-state index contributed by atoms with van der Waals surface area (Å²) in [5, 5.41) is 12.7. The molecule has 0 heterocycles. The molecule has 0 aliphatic carbocycles. The van der Waals surface area contributed by atoms with E-state index in [9.17, 15) is 23.1 Å². The van der Waals surface area contributed by atoms with Crippen molar-refractivity contribution in [3.8, 4) is 11.1 Å². The van der Waals surface area contributed by atoms with Crippen LogP contribution in [0.25, 0.3) is 11.1 Å². The molecule has 0 aliphatic heterocycles. The van der Waals surface area contributed by atoms with E-state index in [4.69, 9.17) is 0 Å². The Morgan fingerprint density at radius 2 is 1.60 bits per heavy atom. The van der Waals surface area contributed by atoms with Crippen LogP contribution in [-0.4, -0.2) is 6.09 Å². The highest BCUT2D eigenvalue weighted by atomic mass is 19.4. The Bertz CT molecular complexity index is 621. The Hall–Kier alpha value is -2.50. The molecule has 0 spiro atoms. The molecule has 0 fully saturated rings. The van der Waals surface area contributed by atoms with Crippen LogP contribution in [0.1, 0.15) is 5.56 Å². The predicted octanol–water partition coefficient (Wildman–Crippen LogP) is 3.13. The van der Waals surface area contributed by atoms with Crippen molar-refractivity contribution in [2.75, 3.05) is 5.32 Å². The molecule has 0 saturated carbocycles. The molecule has 0 atom stereocenters. The van der Waals surface area contributed by atoms with Crippen molar-refractivity contribution in [3.63, 3.8) is 0 Å². The fourth-order valence-electron chi connectivity index (χ4n) is 1.79. The van der Waals surface area contributed by atoms with E-state index in [2.05, 4.69) is 5.32 Å². The molecule has 1 amide bonds. The molecule has 20 heavy (non-hydrogen) atoms. The Kier molecular flexibility index (Phi) is 3.65. The summed E-state index contributed by atoms with van der Waals surface area (Å²) < 4.78 is 37.4. The normalized spacial score (nSPS) is 11.2. The minimum absolute atomic E-state index is 0.257. The highest BCUT2D eigenvalue weighted by molar-refractivity contribution is 5.89. The number of anilines is 1. The summed E-state index contributed by atoms with van der Waals surface area (Å²) in [7, 11) is 0. The number of alkyl halides is 3. The first-order valence-electron chi connectivity index (χ1n) is 5.62. The number of para-hydroxylation sites is 1. The molecule has 2 aromatic rings. The molecular weight excluding hydrogens is 271 g/mol. The SMILES string of the molecule is O=C([O-])Nc1ccccc1-c1ccc(C(F)(F)F)cc1. The number of carboxylic acid groups (broad SMARTS) is 1. The van der Waals surface area contributed by atoms with E-state index in [1.54, 1.807) is 18.2 Å². The zero-order chi connectivity index (χ0) is 14.8. The van der Waals surface area contributed by atoms with E-state index in [1.807, 2.05) is 0 Å². The van der Waals surface area contributed by atoms with Crippen LogP contribution in [0, 0.1) is 0 Å². The first-order chi connectivity index (χ1) is 9.38. The standard InChI is InChI=1S/C14H10F3NO2/c15-14(16,17)10-7-5-9(6-8-10)11-3-1-2-4-12(11)18-13(19)20/h1-8,18H,(H,19,20)/p-1. The van der Waals surface area contributed by atoms with Crippen molar-refractivity contribution < 1.29 is 23.1 Å². The van der Waals surface area contributed by atoms with Gasteiger partial charge in [0.1, 0.15) is 6.09 Å². The molecule has 0 aliphatic rings. The van der Waals surface area contributed by atoms with Gasteiger partial charge in [-0.1, -0.05) is 30.3 Å². The number of hydrogen-bond acceptors (Lipinski definition) is 2. The van der Waals surface area contributed by atoms with Gasteiger partial charge in [0.05, 0.1) is 5.56 Å². The molecule has 0 radical (unpaired) electrons. The lowest BCUT2D eigenvalue weighted by atomic mass is 10.0. The fraction of sp³-hybridized carbons (Fsp3) is 0.0714. The Morgan fingerprint density at radius 3 is 2.15 bits per heavy atom. The molecule has 0 saturated heterocycles. The van der Waals surface area contributed by atoms with Crippen LogP contribution in [0.3, 0.4) is 0 Å². The van der Waals surface area contributed by atoms with Gasteiger partial charge in [-0.15, -0.1) is 0 Å². The van der Waals surface area contributed by atoms with Crippen molar-refractivity contribution in [1.29, 1.82) is 0 Å². The Labute approximate surface area is 112 Å². The lowest BCUT2D eigenvalue weighted by Crippen LogP contribution is -2.28. The van der Waals surface area contributed by atoms with Gasteiger partial charge >= 0.3 is 6.18 Å². The number of amides is 1. The first-order valence-corrected chi connectivity index (χ1v) is 5.62. The van der Waals surface area contributed by atoms with Gasteiger partial charge in [-0.2, -0.15) is 13.2 Å². The monoisotopic (exact) mass is 280 g/mol. The summed E-state index contributed by atoms with van der Waals surface area (Å²) in [4.78, 5) is 10.6. The molecule has 0 aromatic heterocycles. The second-order valence-electron chi connectivity index (χ2n) is 4.03. The number of benzene rings is 2. The summed E-state index contributed by atoms with van der Waals surface area (Å²) in [5.41, 5.74) is 0.451. The largest absolute Gasteiger partial charge is 0.530 e. The molecule has 3 nitrogen and oxygen atoms in total. The zero-order valence-electron chi connectivity index (χ0n) is 10.1. The molecule has 1 N–H and O–H groups in total. The van der Waals surface area contributed by atoms with Gasteiger partial charge in [0.25, 0.3) is 0 Å². The molecule has 104 valence electrons. The van der Waals surface area contributed by atoms with E-state index in [0.717, 1.165) is 12.1 Å². The second kappa shape index (κ2) is 5.24. The van der Waals surface area contributed by atoms with Crippen molar-refractivity contribution >= 4 is 11.8 Å². The van der Waals surface area contributed by atoms with Crippen LogP contribution in [0.5, 0.6) is 0 Å². The summed E-state index contributed by atoms with van der Waals surface area (Å²) in [5.74, 6) is 0. The topological polar surface area (TPSA) is 52.2 Å². The predicted molar refractivity (Wildman–Crippen MR) is 65.9 cm³/mol. The molecule has 0 unspecified atom stereocenters. The molecule has 2 aromatic carbocycles. The van der Waals surface area contributed by atoms with Gasteiger partial charge in [-0.05, 0) is 23.8 Å². The minimum Gasteiger partial charge on any atom is -0.530 e. The average molecular weight is 280 g/mol. The second-order valence-corrected chi connectivity index (χ2v) is 4.03. The van der Waals surface area contributed by atoms with Crippen LogP contribution in [0.4, 0.5) is 23.7 Å². The third-order valence-electron chi connectivity index (χ3n) is 2.69. The van der Waals surface area contributed by atoms with Gasteiger partial charge in [-0.25, -0.2) is 0 Å². The number of carbonyl (C=O) groups excluding carboxylic acids is 1. The van der Waals surface area contributed by atoms with E-state index in [1.165, 1.54) is 18.2 Å².